The maximum Gasteiger partial charge on any atom is 0.326 e. The van der Waals surface area contributed by atoms with Gasteiger partial charge in [-0.2, -0.15) is 0 Å². The van der Waals surface area contributed by atoms with Gasteiger partial charge in [0.1, 0.15) is 11.7 Å². The molecule has 0 aromatic heterocycles. The minimum Gasteiger partial charge on any atom is -0.480 e. The SMILES string of the molecule is CC[C@H](C)CC(N)(C(=O)[C@@H]1CCC(=O)N1)N(CC(=O)N[C@@H](CCS(C)=O)C(=O)O)Cc1cccc2ccccc12. The summed E-state index contributed by atoms with van der Waals surface area (Å²) in [6.07, 6.45) is 3.00. The average Bonchev–Trinajstić information content (AvgIpc) is 3.35. The van der Waals surface area contributed by atoms with Gasteiger partial charge in [-0.25, -0.2) is 4.79 Å². The number of carbonyl (C=O) groups is 4. The molecule has 11 heteroatoms. The summed E-state index contributed by atoms with van der Waals surface area (Å²) in [5.41, 5.74) is 6.24. The number of Topliss-reactive ketones (excluding diaryl/α,β-unsaturated/α-hetero) is 1. The predicted molar refractivity (Wildman–Crippen MR) is 155 cm³/mol. The van der Waals surface area contributed by atoms with Gasteiger partial charge in [0.15, 0.2) is 5.78 Å². The van der Waals surface area contributed by atoms with Gasteiger partial charge in [-0.3, -0.25) is 23.5 Å². The minimum atomic E-state index is -1.62. The Labute approximate surface area is 237 Å². The number of hydrogen-bond acceptors (Lipinski definition) is 7. The van der Waals surface area contributed by atoms with Crippen LogP contribution in [0.25, 0.3) is 10.8 Å². The Hall–Kier alpha value is -3.15. The van der Waals surface area contributed by atoms with E-state index in [2.05, 4.69) is 10.6 Å². The van der Waals surface area contributed by atoms with E-state index in [1.807, 2.05) is 56.3 Å². The molecule has 2 aromatic rings. The van der Waals surface area contributed by atoms with Crippen molar-refractivity contribution >= 4 is 45.1 Å². The molecule has 2 aromatic carbocycles. The second kappa shape index (κ2) is 14.0. The molecule has 2 amide bonds. The summed E-state index contributed by atoms with van der Waals surface area (Å²) < 4.78 is 11.5. The molecule has 0 radical (unpaired) electrons. The fourth-order valence-corrected chi connectivity index (χ4v) is 5.67. The smallest absolute Gasteiger partial charge is 0.326 e. The summed E-state index contributed by atoms with van der Waals surface area (Å²) in [4.78, 5) is 52.8. The van der Waals surface area contributed by atoms with Crippen LogP contribution in [0.4, 0.5) is 0 Å². The number of carboxylic acid groups (broad SMARTS) is 1. The number of ketones is 1. The monoisotopic (exact) mass is 572 g/mol. The maximum atomic E-state index is 14.0. The molecule has 218 valence electrons. The number of fused-ring (bicyclic) bond motifs is 1. The van der Waals surface area contributed by atoms with E-state index >= 15 is 0 Å². The molecule has 1 heterocycles. The second-order valence-electron chi connectivity index (χ2n) is 10.7. The van der Waals surface area contributed by atoms with Crippen LogP contribution >= 0.6 is 0 Å². The number of benzene rings is 2. The lowest BCUT2D eigenvalue weighted by molar-refractivity contribution is -0.144. The lowest BCUT2D eigenvalue weighted by Gasteiger charge is -2.42. The van der Waals surface area contributed by atoms with Crippen molar-refractivity contribution in [1.29, 1.82) is 0 Å². The van der Waals surface area contributed by atoms with Crippen molar-refractivity contribution in [3.8, 4) is 0 Å². The van der Waals surface area contributed by atoms with Gasteiger partial charge in [0.2, 0.25) is 11.8 Å². The van der Waals surface area contributed by atoms with Crippen LogP contribution in [0, 0.1) is 5.92 Å². The van der Waals surface area contributed by atoms with Gasteiger partial charge in [0, 0.05) is 35.8 Å². The van der Waals surface area contributed by atoms with Gasteiger partial charge in [0.05, 0.1) is 12.6 Å². The maximum absolute atomic E-state index is 14.0. The number of nitrogens with one attached hydrogen (secondary N) is 2. The van der Waals surface area contributed by atoms with E-state index < -0.39 is 40.4 Å². The van der Waals surface area contributed by atoms with Crippen molar-refractivity contribution < 1.29 is 28.5 Å². The van der Waals surface area contributed by atoms with E-state index in [1.165, 1.54) is 6.26 Å². The minimum absolute atomic E-state index is 0.00117. The highest BCUT2D eigenvalue weighted by atomic mass is 32.2. The molecule has 1 aliphatic heterocycles. The molecule has 1 saturated heterocycles. The normalized spacial score (nSPS) is 19.0. The Kier molecular flexibility index (Phi) is 11.0. The quantitative estimate of drug-likeness (QED) is 0.236. The Balaban J connectivity index is 2.01. The number of rotatable bonds is 15. The molecule has 3 rings (SSSR count). The molecule has 5 N–H and O–H groups in total. The van der Waals surface area contributed by atoms with E-state index in [0.29, 0.717) is 6.42 Å². The molecule has 0 spiro atoms. The standard InChI is InChI=1S/C29H40N4O6S/c1-4-19(2)16-29(30,27(36)23-12-13-25(34)31-23)33(17-21-10-7-9-20-8-5-6-11-22(20)21)18-26(35)32-24(28(37)38)14-15-40(3)39/h5-11,19,23-24H,4,12-18,30H2,1-3H3,(H,31,34)(H,32,35)(H,37,38)/t19-,23-,24-,29?,40?/m0/s1. The van der Waals surface area contributed by atoms with Crippen LogP contribution in [0.2, 0.25) is 0 Å². The molecule has 10 nitrogen and oxygen atoms in total. The number of aliphatic carboxylic acids is 1. The third kappa shape index (κ3) is 7.96. The first-order chi connectivity index (χ1) is 18.9. The molecular formula is C29H40N4O6S. The molecule has 0 saturated carbocycles. The molecule has 5 atom stereocenters. The van der Waals surface area contributed by atoms with Gasteiger partial charge in [-0.05, 0) is 41.5 Å². The first-order valence-corrected chi connectivity index (χ1v) is 15.3. The van der Waals surface area contributed by atoms with Crippen molar-refractivity contribution in [3.05, 3.63) is 48.0 Å². The van der Waals surface area contributed by atoms with Gasteiger partial charge >= 0.3 is 5.97 Å². The third-order valence-electron chi connectivity index (χ3n) is 7.56. The molecule has 0 bridgehead atoms. The van der Waals surface area contributed by atoms with Crippen LogP contribution < -0.4 is 16.4 Å². The van der Waals surface area contributed by atoms with E-state index in [1.54, 1.807) is 4.90 Å². The van der Waals surface area contributed by atoms with Crippen LogP contribution in [-0.2, 0) is 36.5 Å². The second-order valence-corrected chi connectivity index (χ2v) is 12.2. The third-order valence-corrected chi connectivity index (χ3v) is 8.37. The van der Waals surface area contributed by atoms with E-state index in [9.17, 15) is 28.5 Å². The summed E-state index contributed by atoms with van der Waals surface area (Å²) in [6, 6.07) is 11.5. The van der Waals surface area contributed by atoms with E-state index in [-0.39, 0.29) is 55.7 Å². The molecule has 1 aliphatic rings. The Morgan fingerprint density at radius 3 is 2.55 bits per heavy atom. The highest BCUT2D eigenvalue weighted by Gasteiger charge is 2.46. The summed E-state index contributed by atoms with van der Waals surface area (Å²) in [6.45, 7) is 3.76. The van der Waals surface area contributed by atoms with Crippen LogP contribution in [0.5, 0.6) is 0 Å². The first-order valence-electron chi connectivity index (χ1n) is 13.6. The zero-order valence-electron chi connectivity index (χ0n) is 23.4. The molecule has 0 aliphatic carbocycles. The van der Waals surface area contributed by atoms with Crippen LogP contribution in [-0.4, -0.2) is 74.1 Å². The fourth-order valence-electron chi connectivity index (χ4n) is 5.10. The molecule has 40 heavy (non-hydrogen) atoms. The first kappa shape index (κ1) is 31.4. The predicted octanol–water partition coefficient (Wildman–Crippen LogP) is 1.92. The van der Waals surface area contributed by atoms with Crippen molar-refractivity contribution in [2.24, 2.45) is 11.7 Å². The summed E-state index contributed by atoms with van der Waals surface area (Å²) in [5, 5.41) is 16.8. The number of hydrogen-bond donors (Lipinski definition) is 4. The van der Waals surface area contributed by atoms with Crippen molar-refractivity contribution in [1.82, 2.24) is 15.5 Å². The molecule has 2 unspecified atom stereocenters. The van der Waals surface area contributed by atoms with Crippen molar-refractivity contribution in [2.45, 2.75) is 70.2 Å². The zero-order valence-corrected chi connectivity index (χ0v) is 24.2. The highest BCUT2D eigenvalue weighted by molar-refractivity contribution is 7.84. The van der Waals surface area contributed by atoms with Crippen LogP contribution in [0.3, 0.4) is 0 Å². The van der Waals surface area contributed by atoms with Crippen molar-refractivity contribution in [2.75, 3.05) is 18.6 Å². The topological polar surface area (TPSA) is 159 Å². The summed E-state index contributed by atoms with van der Waals surface area (Å²) >= 11 is 0. The Morgan fingerprint density at radius 2 is 1.93 bits per heavy atom. The zero-order chi connectivity index (χ0) is 29.4. The number of nitrogens with two attached hydrogens (primary N) is 1. The lowest BCUT2D eigenvalue weighted by atomic mass is 9.85. The van der Waals surface area contributed by atoms with Gasteiger partial charge < -0.3 is 21.5 Å². The number of carboxylic acids is 1. The van der Waals surface area contributed by atoms with Crippen LogP contribution in [0.1, 0.15) is 51.5 Å². The largest absolute Gasteiger partial charge is 0.480 e. The number of carbonyl (C=O) groups excluding carboxylic acids is 3. The summed E-state index contributed by atoms with van der Waals surface area (Å²) in [7, 11) is -1.23. The Bertz CT molecular complexity index is 1260. The van der Waals surface area contributed by atoms with E-state index in [4.69, 9.17) is 5.73 Å². The number of nitrogens with zero attached hydrogens (tertiary/aromatic N) is 1. The lowest BCUT2D eigenvalue weighted by Crippen LogP contribution is -2.67. The van der Waals surface area contributed by atoms with Gasteiger partial charge in [-0.15, -0.1) is 0 Å². The van der Waals surface area contributed by atoms with E-state index in [0.717, 1.165) is 22.8 Å². The van der Waals surface area contributed by atoms with Gasteiger partial charge in [-0.1, -0.05) is 62.7 Å². The molecular weight excluding hydrogens is 532 g/mol. The fraction of sp³-hybridized carbons (Fsp3) is 0.517. The van der Waals surface area contributed by atoms with Gasteiger partial charge in [0.25, 0.3) is 0 Å². The summed E-state index contributed by atoms with van der Waals surface area (Å²) in [5.74, 6) is -2.30. The average molecular weight is 573 g/mol. The number of amides is 2. The molecule has 1 fully saturated rings. The Morgan fingerprint density at radius 1 is 1.23 bits per heavy atom. The van der Waals surface area contributed by atoms with Crippen molar-refractivity contribution in [3.63, 3.8) is 0 Å². The van der Waals surface area contributed by atoms with Crippen LogP contribution in [0.15, 0.2) is 42.5 Å². The highest BCUT2D eigenvalue weighted by Crippen LogP contribution is 2.29.